The molecule has 0 aromatic heterocycles. The average Bonchev–Trinajstić information content (AvgIpc) is 2.48. The van der Waals surface area contributed by atoms with E-state index in [1.54, 1.807) is 12.1 Å². The summed E-state index contributed by atoms with van der Waals surface area (Å²) in [6.45, 7) is 0. The molecule has 1 saturated carbocycles. The molecule has 1 aromatic carbocycles. The first-order valence-corrected chi connectivity index (χ1v) is 8.69. The van der Waals surface area contributed by atoms with E-state index in [-0.39, 0.29) is 16.8 Å². The fourth-order valence-electron chi connectivity index (χ4n) is 2.50. The molecule has 1 aliphatic carbocycles. The maximum absolute atomic E-state index is 12.1. The van der Waals surface area contributed by atoms with Crippen molar-refractivity contribution in [3.05, 3.63) is 29.8 Å². The fourth-order valence-corrected chi connectivity index (χ4v) is 3.41. The monoisotopic (exact) mass is 310 g/mol. The quantitative estimate of drug-likeness (QED) is 0.925. The average molecular weight is 310 g/mol. The van der Waals surface area contributed by atoms with E-state index in [1.807, 2.05) is 0 Å². The zero-order chi connectivity index (χ0) is 15.5. The van der Waals surface area contributed by atoms with Crippen molar-refractivity contribution in [1.29, 1.82) is 0 Å². The Balaban J connectivity index is 2.06. The largest absolute Gasteiger partial charge is 0.349 e. The number of benzene rings is 1. The Morgan fingerprint density at radius 1 is 1.10 bits per heavy atom. The van der Waals surface area contributed by atoms with E-state index in [9.17, 15) is 13.2 Å². The summed E-state index contributed by atoms with van der Waals surface area (Å²) in [5.41, 5.74) is 0.498. The van der Waals surface area contributed by atoms with Gasteiger partial charge in [0.1, 0.15) is 0 Å². The zero-order valence-electron chi connectivity index (χ0n) is 12.5. The molecule has 2 rings (SSSR count). The van der Waals surface area contributed by atoms with E-state index in [0.29, 0.717) is 5.56 Å². The molecular formula is C15H22N2O3S. The Bertz CT molecular complexity index is 588. The highest BCUT2D eigenvalue weighted by Crippen LogP contribution is 2.18. The second-order valence-corrected chi connectivity index (χ2v) is 7.77. The first kappa shape index (κ1) is 16.0. The van der Waals surface area contributed by atoms with Crippen molar-refractivity contribution in [1.82, 2.24) is 9.62 Å². The van der Waals surface area contributed by atoms with Crippen molar-refractivity contribution >= 4 is 15.9 Å². The minimum absolute atomic E-state index is 0.129. The minimum Gasteiger partial charge on any atom is -0.349 e. The van der Waals surface area contributed by atoms with Crippen LogP contribution in [0.15, 0.2) is 29.2 Å². The van der Waals surface area contributed by atoms with E-state index >= 15 is 0 Å². The molecule has 0 heterocycles. The van der Waals surface area contributed by atoms with Crippen LogP contribution >= 0.6 is 0 Å². The van der Waals surface area contributed by atoms with Crippen molar-refractivity contribution in [2.45, 2.75) is 43.0 Å². The van der Waals surface area contributed by atoms with Crippen LogP contribution < -0.4 is 5.32 Å². The highest BCUT2D eigenvalue weighted by molar-refractivity contribution is 7.89. The molecule has 1 amide bonds. The summed E-state index contributed by atoms with van der Waals surface area (Å²) in [6, 6.07) is 6.33. The fraction of sp³-hybridized carbons (Fsp3) is 0.533. The summed E-state index contributed by atoms with van der Waals surface area (Å²) >= 11 is 0. The van der Waals surface area contributed by atoms with Crippen LogP contribution in [0.1, 0.15) is 42.5 Å². The molecule has 1 aliphatic rings. The van der Waals surface area contributed by atoms with Gasteiger partial charge >= 0.3 is 0 Å². The molecule has 0 atom stereocenters. The van der Waals surface area contributed by atoms with Gasteiger partial charge in [0, 0.05) is 25.7 Å². The predicted molar refractivity (Wildman–Crippen MR) is 81.7 cm³/mol. The summed E-state index contributed by atoms with van der Waals surface area (Å²) in [5.74, 6) is -0.129. The van der Waals surface area contributed by atoms with E-state index in [2.05, 4.69) is 5.32 Å². The second-order valence-electron chi connectivity index (χ2n) is 5.62. The Kier molecular flexibility index (Phi) is 5.00. The van der Waals surface area contributed by atoms with Crippen molar-refractivity contribution in [2.75, 3.05) is 14.1 Å². The second kappa shape index (κ2) is 6.58. The standard InChI is InChI=1S/C15H22N2O3S/c1-17(2)21(19,20)14-10-8-12(9-11-14)15(18)16-13-6-4-3-5-7-13/h8-11,13H,3-7H2,1-2H3,(H,16,18). The molecule has 0 saturated heterocycles. The van der Waals surface area contributed by atoms with Crippen LogP contribution in [0.5, 0.6) is 0 Å². The first-order chi connectivity index (χ1) is 9.91. The Labute approximate surface area is 126 Å². The third kappa shape index (κ3) is 3.83. The molecule has 0 spiro atoms. The molecule has 0 bridgehead atoms. The summed E-state index contributed by atoms with van der Waals surface area (Å²) in [4.78, 5) is 12.3. The molecule has 0 aliphatic heterocycles. The third-order valence-electron chi connectivity index (χ3n) is 3.84. The highest BCUT2D eigenvalue weighted by atomic mass is 32.2. The minimum atomic E-state index is -3.44. The summed E-state index contributed by atoms with van der Waals surface area (Å²) in [6.07, 6.45) is 5.61. The molecule has 5 nitrogen and oxygen atoms in total. The van der Waals surface area contributed by atoms with Crippen LogP contribution in [0.4, 0.5) is 0 Å². The van der Waals surface area contributed by atoms with Crippen LogP contribution in [0.2, 0.25) is 0 Å². The number of carbonyl (C=O) groups is 1. The van der Waals surface area contributed by atoms with Gasteiger partial charge in [0.25, 0.3) is 5.91 Å². The van der Waals surface area contributed by atoms with Crippen LogP contribution in [0, 0.1) is 0 Å². The zero-order valence-corrected chi connectivity index (χ0v) is 13.3. The number of nitrogens with one attached hydrogen (secondary N) is 1. The number of carbonyl (C=O) groups excluding carboxylic acids is 1. The van der Waals surface area contributed by atoms with Crippen molar-refractivity contribution in [3.63, 3.8) is 0 Å². The molecule has 1 N–H and O–H groups in total. The number of rotatable bonds is 4. The first-order valence-electron chi connectivity index (χ1n) is 7.25. The smallest absolute Gasteiger partial charge is 0.251 e. The van der Waals surface area contributed by atoms with Crippen molar-refractivity contribution in [2.24, 2.45) is 0 Å². The number of amides is 1. The van der Waals surface area contributed by atoms with E-state index in [1.165, 1.54) is 32.6 Å². The molecule has 1 fully saturated rings. The molecular weight excluding hydrogens is 288 g/mol. The third-order valence-corrected chi connectivity index (χ3v) is 5.66. The number of hydrogen-bond acceptors (Lipinski definition) is 3. The maximum atomic E-state index is 12.1. The Morgan fingerprint density at radius 3 is 2.19 bits per heavy atom. The lowest BCUT2D eigenvalue weighted by Gasteiger charge is -2.22. The number of sulfonamides is 1. The normalized spacial score (nSPS) is 16.9. The molecule has 21 heavy (non-hydrogen) atoms. The summed E-state index contributed by atoms with van der Waals surface area (Å²) in [7, 11) is -0.475. The molecule has 1 aromatic rings. The van der Waals surface area contributed by atoms with Crippen molar-refractivity contribution in [3.8, 4) is 0 Å². The lowest BCUT2D eigenvalue weighted by Crippen LogP contribution is -2.36. The van der Waals surface area contributed by atoms with Crippen LogP contribution in [0.3, 0.4) is 0 Å². The van der Waals surface area contributed by atoms with Gasteiger partial charge < -0.3 is 5.32 Å². The topological polar surface area (TPSA) is 66.5 Å². The summed E-state index contributed by atoms with van der Waals surface area (Å²) in [5, 5.41) is 3.02. The van der Waals surface area contributed by atoms with Crippen molar-refractivity contribution < 1.29 is 13.2 Å². The molecule has 116 valence electrons. The van der Waals surface area contributed by atoms with Crippen LogP contribution in [-0.4, -0.2) is 38.8 Å². The van der Waals surface area contributed by atoms with E-state index < -0.39 is 10.0 Å². The van der Waals surface area contributed by atoms with E-state index in [0.717, 1.165) is 30.0 Å². The van der Waals surface area contributed by atoms with Gasteiger partial charge in [0.05, 0.1) is 4.90 Å². The Hall–Kier alpha value is -1.40. The maximum Gasteiger partial charge on any atom is 0.251 e. The molecule has 6 heteroatoms. The van der Waals surface area contributed by atoms with Gasteiger partial charge in [-0.25, -0.2) is 12.7 Å². The van der Waals surface area contributed by atoms with Crippen LogP contribution in [-0.2, 0) is 10.0 Å². The van der Waals surface area contributed by atoms with E-state index in [4.69, 9.17) is 0 Å². The summed E-state index contributed by atoms with van der Waals surface area (Å²) < 4.78 is 25.1. The Morgan fingerprint density at radius 2 is 1.67 bits per heavy atom. The van der Waals surface area contributed by atoms with Gasteiger partial charge in [-0.1, -0.05) is 19.3 Å². The van der Waals surface area contributed by atoms with Gasteiger partial charge in [0.2, 0.25) is 10.0 Å². The number of hydrogen-bond donors (Lipinski definition) is 1. The van der Waals surface area contributed by atoms with Gasteiger partial charge in [-0.15, -0.1) is 0 Å². The lowest BCUT2D eigenvalue weighted by atomic mass is 9.95. The lowest BCUT2D eigenvalue weighted by molar-refractivity contribution is 0.0927. The highest BCUT2D eigenvalue weighted by Gasteiger charge is 2.19. The van der Waals surface area contributed by atoms with Crippen LogP contribution in [0.25, 0.3) is 0 Å². The number of nitrogens with zero attached hydrogens (tertiary/aromatic N) is 1. The molecule has 0 radical (unpaired) electrons. The van der Waals surface area contributed by atoms with Gasteiger partial charge in [-0.3, -0.25) is 4.79 Å². The van der Waals surface area contributed by atoms with Gasteiger partial charge in [0.15, 0.2) is 0 Å². The van der Waals surface area contributed by atoms with Gasteiger partial charge in [-0.05, 0) is 37.1 Å². The van der Waals surface area contributed by atoms with Gasteiger partial charge in [-0.2, -0.15) is 0 Å². The molecule has 0 unspecified atom stereocenters. The predicted octanol–water partition coefficient (Wildman–Crippen LogP) is 2.00. The SMILES string of the molecule is CN(C)S(=O)(=O)c1ccc(C(=O)NC2CCCCC2)cc1.